The average molecular weight is 276 g/mol. The molecule has 2 aromatic rings. The molecule has 0 aliphatic rings. The first kappa shape index (κ1) is 13.1. The Morgan fingerprint density at radius 1 is 1.40 bits per heavy atom. The van der Waals surface area contributed by atoms with Crippen LogP contribution in [-0.4, -0.2) is 27.4 Å². The minimum Gasteiger partial charge on any atom is -0.379 e. The Kier molecular flexibility index (Phi) is 3.65. The summed E-state index contributed by atoms with van der Waals surface area (Å²) in [5, 5.41) is 20.7. The van der Waals surface area contributed by atoms with Gasteiger partial charge in [0.05, 0.1) is 11.1 Å². The maximum atomic E-state index is 11.5. The Hall–Kier alpha value is -3.30. The molecule has 0 unspecified atom stereocenters. The van der Waals surface area contributed by atoms with Crippen LogP contribution < -0.4 is 11.2 Å². The third kappa shape index (κ3) is 2.93. The lowest BCUT2D eigenvalue weighted by molar-refractivity contribution is -0.384. The lowest BCUT2D eigenvalue weighted by atomic mass is 10.2. The summed E-state index contributed by atoms with van der Waals surface area (Å²) in [5.74, 6) is -0.824. The van der Waals surface area contributed by atoms with Gasteiger partial charge in [-0.25, -0.2) is 10.1 Å². The molecular formula is C10H8N6O4. The van der Waals surface area contributed by atoms with E-state index in [4.69, 9.17) is 5.73 Å². The minimum absolute atomic E-state index is 0.0346. The van der Waals surface area contributed by atoms with E-state index < -0.39 is 10.8 Å². The molecule has 0 saturated carbocycles. The Balaban J connectivity index is 1.98. The summed E-state index contributed by atoms with van der Waals surface area (Å²) in [5.41, 5.74) is 7.85. The van der Waals surface area contributed by atoms with Crippen LogP contribution in [0.25, 0.3) is 0 Å². The van der Waals surface area contributed by atoms with E-state index in [1.165, 1.54) is 30.5 Å². The van der Waals surface area contributed by atoms with Crippen molar-refractivity contribution in [3.05, 3.63) is 45.6 Å². The number of hydrazone groups is 1. The van der Waals surface area contributed by atoms with Crippen molar-refractivity contribution >= 4 is 23.6 Å². The third-order valence-electron chi connectivity index (χ3n) is 2.21. The van der Waals surface area contributed by atoms with E-state index in [0.717, 1.165) is 0 Å². The predicted octanol–water partition coefficient (Wildman–Crippen LogP) is 0.324. The summed E-state index contributed by atoms with van der Waals surface area (Å²) in [6.45, 7) is 0. The van der Waals surface area contributed by atoms with Crippen molar-refractivity contribution in [1.82, 2.24) is 15.7 Å². The summed E-state index contributed by atoms with van der Waals surface area (Å²) in [6, 6.07) is 5.62. The molecule has 0 atom stereocenters. The van der Waals surface area contributed by atoms with E-state index in [1.807, 2.05) is 0 Å². The van der Waals surface area contributed by atoms with Crippen molar-refractivity contribution in [2.45, 2.75) is 0 Å². The minimum atomic E-state index is -0.679. The molecule has 1 aromatic heterocycles. The second-order valence-corrected chi connectivity index (χ2v) is 3.55. The van der Waals surface area contributed by atoms with Crippen molar-refractivity contribution in [3.63, 3.8) is 0 Å². The molecule has 1 aromatic carbocycles. The SMILES string of the molecule is Nc1nonc1C(=O)N/N=C/c1ccc([N+](=O)[O-])cc1. The Bertz CT molecular complexity index is 663. The first-order valence-corrected chi connectivity index (χ1v) is 5.24. The fraction of sp³-hybridized carbons (Fsp3) is 0. The maximum Gasteiger partial charge on any atom is 0.297 e. The van der Waals surface area contributed by atoms with E-state index in [0.29, 0.717) is 5.56 Å². The Labute approximate surface area is 111 Å². The number of carbonyl (C=O) groups is 1. The van der Waals surface area contributed by atoms with Crippen molar-refractivity contribution in [1.29, 1.82) is 0 Å². The summed E-state index contributed by atoms with van der Waals surface area (Å²) in [4.78, 5) is 21.5. The van der Waals surface area contributed by atoms with Crippen molar-refractivity contribution < 1.29 is 14.3 Å². The number of carbonyl (C=O) groups excluding carboxylic acids is 1. The number of rotatable bonds is 4. The molecule has 0 aliphatic heterocycles. The first-order valence-electron chi connectivity index (χ1n) is 5.24. The Morgan fingerprint density at radius 3 is 2.65 bits per heavy atom. The number of non-ortho nitro benzene ring substituents is 1. The fourth-order valence-electron chi connectivity index (χ4n) is 1.25. The number of nitrogen functional groups attached to an aromatic ring is 1. The lowest BCUT2D eigenvalue weighted by Crippen LogP contribution is -2.19. The van der Waals surface area contributed by atoms with E-state index in [-0.39, 0.29) is 17.2 Å². The largest absolute Gasteiger partial charge is 0.379 e. The van der Waals surface area contributed by atoms with Gasteiger partial charge in [0, 0.05) is 12.1 Å². The van der Waals surface area contributed by atoms with Gasteiger partial charge >= 0.3 is 0 Å². The van der Waals surface area contributed by atoms with Crippen LogP contribution in [0.4, 0.5) is 11.5 Å². The number of nitrogens with two attached hydrogens (primary N) is 1. The number of hydrogen-bond donors (Lipinski definition) is 2. The fourth-order valence-corrected chi connectivity index (χ4v) is 1.25. The van der Waals surface area contributed by atoms with E-state index in [9.17, 15) is 14.9 Å². The van der Waals surface area contributed by atoms with E-state index >= 15 is 0 Å². The van der Waals surface area contributed by atoms with Gasteiger partial charge in [0.25, 0.3) is 11.6 Å². The molecule has 0 spiro atoms. The number of nitrogens with zero attached hydrogens (tertiary/aromatic N) is 4. The number of hydrogen-bond acceptors (Lipinski definition) is 8. The molecule has 3 N–H and O–H groups in total. The molecule has 0 aliphatic carbocycles. The maximum absolute atomic E-state index is 11.5. The molecule has 0 saturated heterocycles. The quantitative estimate of drug-likeness (QED) is 0.463. The molecular weight excluding hydrogens is 268 g/mol. The summed E-state index contributed by atoms with van der Waals surface area (Å²) < 4.78 is 4.27. The second-order valence-electron chi connectivity index (χ2n) is 3.55. The van der Waals surface area contributed by atoms with Gasteiger partial charge in [-0.2, -0.15) is 5.10 Å². The van der Waals surface area contributed by atoms with Crippen LogP contribution in [0.5, 0.6) is 0 Å². The van der Waals surface area contributed by atoms with Crippen molar-refractivity contribution in [2.24, 2.45) is 5.10 Å². The highest BCUT2D eigenvalue weighted by molar-refractivity contribution is 5.96. The normalized spacial score (nSPS) is 10.6. The van der Waals surface area contributed by atoms with Gasteiger partial charge in [0.15, 0.2) is 0 Å². The molecule has 20 heavy (non-hydrogen) atoms. The third-order valence-corrected chi connectivity index (χ3v) is 2.21. The van der Waals surface area contributed by atoms with E-state index in [1.54, 1.807) is 0 Å². The van der Waals surface area contributed by atoms with Gasteiger partial charge in [-0.15, -0.1) is 0 Å². The molecule has 10 nitrogen and oxygen atoms in total. The molecule has 10 heteroatoms. The zero-order valence-electron chi connectivity index (χ0n) is 9.89. The first-order chi connectivity index (χ1) is 9.58. The molecule has 0 fully saturated rings. The smallest absolute Gasteiger partial charge is 0.297 e. The van der Waals surface area contributed by atoms with Crippen LogP contribution in [0.2, 0.25) is 0 Å². The van der Waals surface area contributed by atoms with Gasteiger partial charge in [-0.1, -0.05) is 0 Å². The van der Waals surface area contributed by atoms with Gasteiger partial charge in [0.2, 0.25) is 11.5 Å². The molecule has 2 rings (SSSR count). The zero-order chi connectivity index (χ0) is 14.5. The molecule has 102 valence electrons. The standard InChI is InChI=1S/C10H8N6O4/c11-9-8(14-20-15-9)10(17)13-12-5-6-1-3-7(4-2-6)16(18)19/h1-5H,(H2,11,15)(H,13,17)/b12-5+. The summed E-state index contributed by atoms with van der Waals surface area (Å²) in [6.07, 6.45) is 1.31. The van der Waals surface area contributed by atoms with Crippen molar-refractivity contribution in [2.75, 3.05) is 5.73 Å². The lowest BCUT2D eigenvalue weighted by Gasteiger charge is -1.95. The van der Waals surface area contributed by atoms with Crippen LogP contribution in [0.3, 0.4) is 0 Å². The molecule has 1 heterocycles. The van der Waals surface area contributed by atoms with Crippen LogP contribution in [0.15, 0.2) is 34.0 Å². The number of nitro benzene ring substituents is 1. The number of aromatic nitrogens is 2. The highest BCUT2D eigenvalue weighted by Crippen LogP contribution is 2.10. The van der Waals surface area contributed by atoms with Crippen LogP contribution in [-0.2, 0) is 0 Å². The van der Waals surface area contributed by atoms with Gasteiger partial charge in [-0.3, -0.25) is 14.9 Å². The molecule has 1 amide bonds. The summed E-state index contributed by atoms with van der Waals surface area (Å²) >= 11 is 0. The number of benzene rings is 1. The van der Waals surface area contributed by atoms with Crippen LogP contribution in [0, 0.1) is 10.1 Å². The van der Waals surface area contributed by atoms with Crippen LogP contribution in [0.1, 0.15) is 16.1 Å². The van der Waals surface area contributed by atoms with Gasteiger partial charge in [-0.05, 0) is 28.0 Å². The number of nitro groups is 1. The highest BCUT2D eigenvalue weighted by atomic mass is 16.6. The second kappa shape index (κ2) is 5.56. The predicted molar refractivity (Wildman–Crippen MR) is 66.9 cm³/mol. The average Bonchev–Trinajstić information content (AvgIpc) is 2.85. The van der Waals surface area contributed by atoms with Gasteiger partial charge < -0.3 is 5.73 Å². The monoisotopic (exact) mass is 276 g/mol. The molecule has 0 radical (unpaired) electrons. The van der Waals surface area contributed by atoms with E-state index in [2.05, 4.69) is 25.5 Å². The van der Waals surface area contributed by atoms with Crippen LogP contribution >= 0.6 is 0 Å². The zero-order valence-corrected chi connectivity index (χ0v) is 9.89. The number of amides is 1. The Morgan fingerprint density at radius 2 is 2.10 bits per heavy atom. The van der Waals surface area contributed by atoms with Crippen molar-refractivity contribution in [3.8, 4) is 0 Å². The number of nitrogens with one attached hydrogen (secondary N) is 1. The topological polar surface area (TPSA) is 150 Å². The van der Waals surface area contributed by atoms with Gasteiger partial charge in [0.1, 0.15) is 0 Å². The number of anilines is 1. The summed E-state index contributed by atoms with van der Waals surface area (Å²) in [7, 11) is 0. The highest BCUT2D eigenvalue weighted by Gasteiger charge is 2.14. The molecule has 0 bridgehead atoms.